The predicted octanol–water partition coefficient (Wildman–Crippen LogP) is 4.66. The van der Waals surface area contributed by atoms with Crippen molar-refractivity contribution >= 4 is 5.91 Å². The largest absolute Gasteiger partial charge is 0.497 e. The van der Waals surface area contributed by atoms with Gasteiger partial charge in [-0.25, -0.2) is 9.37 Å². The van der Waals surface area contributed by atoms with Gasteiger partial charge in [0.15, 0.2) is 0 Å². The highest BCUT2D eigenvalue weighted by Crippen LogP contribution is 2.29. The van der Waals surface area contributed by atoms with Crippen molar-refractivity contribution < 1.29 is 24.1 Å². The van der Waals surface area contributed by atoms with Crippen LogP contribution in [0.2, 0.25) is 0 Å². The molecular formula is C28H36FN3O4. The minimum absolute atomic E-state index is 0.0354. The monoisotopic (exact) mass is 497 g/mol. The van der Waals surface area contributed by atoms with Crippen molar-refractivity contribution in [2.75, 3.05) is 7.11 Å². The van der Waals surface area contributed by atoms with Crippen molar-refractivity contribution in [3.63, 3.8) is 0 Å². The van der Waals surface area contributed by atoms with Gasteiger partial charge < -0.3 is 24.8 Å². The second-order valence-electron chi connectivity index (χ2n) is 9.25. The van der Waals surface area contributed by atoms with Crippen molar-refractivity contribution in [3.05, 3.63) is 71.3 Å². The molecule has 0 saturated carbocycles. The van der Waals surface area contributed by atoms with Gasteiger partial charge in [-0.05, 0) is 67.1 Å². The Morgan fingerprint density at radius 2 is 1.75 bits per heavy atom. The number of halogens is 1. The van der Waals surface area contributed by atoms with Crippen LogP contribution in [0, 0.1) is 5.82 Å². The smallest absolute Gasteiger partial charge is 0.272 e. The summed E-state index contributed by atoms with van der Waals surface area (Å²) < 4.78 is 20.7. The fourth-order valence-corrected chi connectivity index (χ4v) is 4.15. The van der Waals surface area contributed by atoms with Crippen LogP contribution in [0.5, 0.6) is 5.75 Å². The van der Waals surface area contributed by atoms with E-state index in [9.17, 15) is 19.4 Å². The van der Waals surface area contributed by atoms with Gasteiger partial charge in [0.25, 0.3) is 5.91 Å². The Bertz CT molecular complexity index is 1130. The first-order valence-electron chi connectivity index (χ1n) is 12.4. The summed E-state index contributed by atoms with van der Waals surface area (Å²) in [4.78, 5) is 18.0. The third kappa shape index (κ3) is 6.92. The second-order valence-corrected chi connectivity index (χ2v) is 9.25. The van der Waals surface area contributed by atoms with Crippen LogP contribution in [0.1, 0.15) is 67.7 Å². The number of aliphatic hydroxyl groups is 2. The summed E-state index contributed by atoms with van der Waals surface area (Å²) in [5, 5.41) is 23.3. The maximum Gasteiger partial charge on any atom is 0.272 e. The SMILES string of the molecule is CCC(O)CC(O)CCn1c(-c2ccc(F)cc2)nc(C(=O)NCc2ccc(OC)cc2)c1C(C)C. The number of carbonyl (C=O) groups is 1. The Morgan fingerprint density at radius 1 is 1.08 bits per heavy atom. The molecule has 0 aliphatic heterocycles. The van der Waals surface area contributed by atoms with Gasteiger partial charge in [-0.3, -0.25) is 4.79 Å². The third-order valence-corrected chi connectivity index (χ3v) is 6.18. The Labute approximate surface area is 212 Å². The van der Waals surface area contributed by atoms with E-state index in [1.807, 2.05) is 49.6 Å². The lowest BCUT2D eigenvalue weighted by Gasteiger charge is -2.19. The number of ether oxygens (including phenoxy) is 1. The molecule has 3 aromatic rings. The number of benzene rings is 2. The Hall–Kier alpha value is -3.23. The molecule has 0 radical (unpaired) electrons. The summed E-state index contributed by atoms with van der Waals surface area (Å²) in [7, 11) is 1.60. The van der Waals surface area contributed by atoms with E-state index in [4.69, 9.17) is 9.72 Å². The molecule has 1 amide bonds. The van der Waals surface area contributed by atoms with Crippen LogP contribution < -0.4 is 10.1 Å². The lowest BCUT2D eigenvalue weighted by Crippen LogP contribution is -2.25. The first-order valence-corrected chi connectivity index (χ1v) is 12.4. The topological polar surface area (TPSA) is 96.6 Å². The molecule has 2 atom stereocenters. The van der Waals surface area contributed by atoms with Gasteiger partial charge in [0.1, 0.15) is 23.1 Å². The van der Waals surface area contributed by atoms with Crippen molar-refractivity contribution in [1.82, 2.24) is 14.9 Å². The molecule has 36 heavy (non-hydrogen) atoms. The van der Waals surface area contributed by atoms with E-state index in [-0.39, 0.29) is 24.1 Å². The van der Waals surface area contributed by atoms with Crippen molar-refractivity contribution in [3.8, 4) is 17.1 Å². The fourth-order valence-electron chi connectivity index (χ4n) is 4.15. The molecule has 3 N–H and O–H groups in total. The summed E-state index contributed by atoms with van der Waals surface area (Å²) in [6, 6.07) is 13.4. The highest BCUT2D eigenvalue weighted by molar-refractivity contribution is 5.94. The number of hydrogen-bond acceptors (Lipinski definition) is 5. The van der Waals surface area contributed by atoms with Crippen LogP contribution >= 0.6 is 0 Å². The lowest BCUT2D eigenvalue weighted by molar-refractivity contribution is 0.0711. The van der Waals surface area contributed by atoms with Crippen LogP contribution in [-0.2, 0) is 13.1 Å². The van der Waals surface area contributed by atoms with Crippen LogP contribution in [0.25, 0.3) is 11.4 Å². The van der Waals surface area contributed by atoms with Crippen LogP contribution in [0.3, 0.4) is 0 Å². The molecule has 194 valence electrons. The minimum atomic E-state index is -0.698. The van der Waals surface area contributed by atoms with E-state index in [0.717, 1.165) is 17.0 Å². The zero-order valence-electron chi connectivity index (χ0n) is 21.4. The van der Waals surface area contributed by atoms with E-state index in [1.165, 1.54) is 12.1 Å². The van der Waals surface area contributed by atoms with Crippen LogP contribution in [0.15, 0.2) is 48.5 Å². The van der Waals surface area contributed by atoms with Gasteiger partial charge in [0.2, 0.25) is 0 Å². The van der Waals surface area contributed by atoms with E-state index >= 15 is 0 Å². The fraction of sp³-hybridized carbons (Fsp3) is 0.429. The van der Waals surface area contributed by atoms with Crippen LogP contribution in [0.4, 0.5) is 4.39 Å². The molecule has 1 heterocycles. The number of methoxy groups -OCH3 is 1. The Morgan fingerprint density at radius 3 is 2.33 bits per heavy atom. The summed E-state index contributed by atoms with van der Waals surface area (Å²) in [6.45, 7) is 6.57. The molecule has 0 spiro atoms. The molecule has 2 aromatic carbocycles. The third-order valence-electron chi connectivity index (χ3n) is 6.18. The quantitative estimate of drug-likeness (QED) is 0.338. The van der Waals surface area contributed by atoms with Gasteiger partial charge >= 0.3 is 0 Å². The van der Waals surface area contributed by atoms with E-state index in [0.29, 0.717) is 43.0 Å². The average molecular weight is 498 g/mol. The number of nitrogens with one attached hydrogen (secondary N) is 1. The number of nitrogens with zero attached hydrogens (tertiary/aromatic N) is 2. The molecule has 0 saturated heterocycles. The lowest BCUT2D eigenvalue weighted by atomic mass is 10.1. The number of amides is 1. The van der Waals surface area contributed by atoms with Gasteiger partial charge in [0, 0.05) is 18.7 Å². The molecule has 3 rings (SSSR count). The van der Waals surface area contributed by atoms with E-state index in [2.05, 4.69) is 5.32 Å². The summed E-state index contributed by atoms with van der Waals surface area (Å²) in [5.41, 5.74) is 2.65. The normalized spacial score (nSPS) is 13.0. The van der Waals surface area contributed by atoms with Crippen molar-refractivity contribution in [2.45, 2.75) is 71.2 Å². The average Bonchev–Trinajstić information content (AvgIpc) is 3.26. The molecule has 0 aliphatic rings. The molecule has 7 nitrogen and oxygen atoms in total. The van der Waals surface area contributed by atoms with E-state index in [1.54, 1.807) is 19.2 Å². The number of imidazole rings is 1. The second kappa shape index (κ2) is 12.6. The first-order chi connectivity index (χ1) is 17.2. The minimum Gasteiger partial charge on any atom is -0.497 e. The molecular weight excluding hydrogens is 461 g/mol. The van der Waals surface area contributed by atoms with Crippen molar-refractivity contribution in [1.29, 1.82) is 0 Å². The number of aliphatic hydroxyl groups excluding tert-OH is 2. The van der Waals surface area contributed by atoms with Gasteiger partial charge in [-0.2, -0.15) is 0 Å². The first kappa shape index (κ1) is 27.4. The maximum atomic E-state index is 13.6. The standard InChI is InChI=1S/C28H36FN3O4/c1-5-22(33)16-23(34)14-15-32-26(18(2)3)25(31-27(32)20-8-10-21(29)11-9-20)28(35)30-17-19-6-12-24(36-4)13-7-19/h6-13,18,22-23,33-34H,5,14-17H2,1-4H3,(H,30,35). The van der Waals surface area contributed by atoms with Crippen molar-refractivity contribution in [2.24, 2.45) is 0 Å². The molecule has 0 aliphatic carbocycles. The zero-order valence-corrected chi connectivity index (χ0v) is 21.4. The molecule has 1 aromatic heterocycles. The molecule has 0 fully saturated rings. The highest BCUT2D eigenvalue weighted by Gasteiger charge is 2.25. The number of rotatable bonds is 12. The highest BCUT2D eigenvalue weighted by atomic mass is 19.1. The molecule has 0 bridgehead atoms. The zero-order chi connectivity index (χ0) is 26.2. The predicted molar refractivity (Wildman–Crippen MR) is 137 cm³/mol. The summed E-state index contributed by atoms with van der Waals surface area (Å²) >= 11 is 0. The number of hydrogen-bond donors (Lipinski definition) is 3. The molecule has 8 heteroatoms. The van der Waals surface area contributed by atoms with Gasteiger partial charge in [-0.15, -0.1) is 0 Å². The molecule has 2 unspecified atom stereocenters. The van der Waals surface area contributed by atoms with Crippen LogP contribution in [-0.4, -0.2) is 45.0 Å². The number of carbonyl (C=O) groups excluding carboxylic acids is 1. The van der Waals surface area contributed by atoms with Gasteiger partial charge in [0.05, 0.1) is 25.0 Å². The summed E-state index contributed by atoms with van der Waals surface area (Å²) in [5.74, 6) is 0.577. The maximum absolute atomic E-state index is 13.6. The Balaban J connectivity index is 1.91. The Kier molecular flexibility index (Phi) is 9.61. The number of aromatic nitrogens is 2. The summed E-state index contributed by atoms with van der Waals surface area (Å²) in [6.07, 6.45) is -0.0324. The van der Waals surface area contributed by atoms with Gasteiger partial charge in [-0.1, -0.05) is 32.9 Å². The van der Waals surface area contributed by atoms with E-state index < -0.39 is 12.2 Å².